The number of nitrogens with zero attached hydrogens (tertiary/aromatic N) is 1. The van der Waals surface area contributed by atoms with Crippen molar-refractivity contribution in [2.75, 3.05) is 36.9 Å². The van der Waals surface area contributed by atoms with Crippen LogP contribution in [0.2, 0.25) is 0 Å². The Labute approximate surface area is 128 Å². The predicted molar refractivity (Wildman–Crippen MR) is 88.4 cm³/mol. The van der Waals surface area contributed by atoms with Gasteiger partial charge in [-0.05, 0) is 35.2 Å². The van der Waals surface area contributed by atoms with Crippen molar-refractivity contribution in [1.29, 1.82) is 0 Å². The standard InChI is InChI=1S/C15H21N3O2S/c16-10-11-3-8-21-15(11)13-9-12(1-2-14(13)17)18(4-6-19)5-7-20/h1-3,8-9,19-20H,4-7,10,16-17H2. The third-order valence-electron chi connectivity index (χ3n) is 3.35. The number of anilines is 2. The first-order valence-electron chi connectivity index (χ1n) is 6.84. The summed E-state index contributed by atoms with van der Waals surface area (Å²) in [4.78, 5) is 3.00. The van der Waals surface area contributed by atoms with Gasteiger partial charge in [0.15, 0.2) is 0 Å². The van der Waals surface area contributed by atoms with Crippen LogP contribution < -0.4 is 16.4 Å². The van der Waals surface area contributed by atoms with E-state index in [1.807, 2.05) is 34.5 Å². The molecule has 21 heavy (non-hydrogen) atoms. The third-order valence-corrected chi connectivity index (χ3v) is 4.34. The van der Waals surface area contributed by atoms with Gasteiger partial charge in [0.05, 0.1) is 13.2 Å². The number of nitrogen functional groups attached to an aromatic ring is 1. The fourth-order valence-corrected chi connectivity index (χ4v) is 3.26. The van der Waals surface area contributed by atoms with Crippen LogP contribution in [0.15, 0.2) is 29.6 Å². The van der Waals surface area contributed by atoms with Crippen LogP contribution in [0.3, 0.4) is 0 Å². The van der Waals surface area contributed by atoms with Crippen LogP contribution in [-0.4, -0.2) is 36.5 Å². The van der Waals surface area contributed by atoms with Crippen molar-refractivity contribution >= 4 is 22.7 Å². The van der Waals surface area contributed by atoms with E-state index in [0.717, 1.165) is 21.7 Å². The van der Waals surface area contributed by atoms with E-state index >= 15 is 0 Å². The number of aliphatic hydroxyl groups excluding tert-OH is 2. The lowest BCUT2D eigenvalue weighted by Gasteiger charge is -2.24. The number of hydrogen-bond donors (Lipinski definition) is 4. The number of aliphatic hydroxyl groups is 2. The molecule has 0 amide bonds. The Morgan fingerprint density at radius 2 is 1.81 bits per heavy atom. The highest BCUT2D eigenvalue weighted by Crippen LogP contribution is 2.36. The van der Waals surface area contributed by atoms with Crippen molar-refractivity contribution in [2.45, 2.75) is 6.54 Å². The van der Waals surface area contributed by atoms with Gasteiger partial charge in [0.25, 0.3) is 0 Å². The zero-order valence-corrected chi connectivity index (χ0v) is 12.6. The van der Waals surface area contributed by atoms with Crippen molar-refractivity contribution in [3.63, 3.8) is 0 Å². The van der Waals surface area contributed by atoms with Crippen molar-refractivity contribution in [3.8, 4) is 10.4 Å². The Kier molecular flexibility index (Phi) is 5.58. The van der Waals surface area contributed by atoms with Crippen molar-refractivity contribution in [3.05, 3.63) is 35.2 Å². The number of benzene rings is 1. The summed E-state index contributed by atoms with van der Waals surface area (Å²) < 4.78 is 0. The molecule has 0 bridgehead atoms. The zero-order chi connectivity index (χ0) is 15.2. The quantitative estimate of drug-likeness (QED) is 0.577. The van der Waals surface area contributed by atoms with Crippen LogP contribution in [-0.2, 0) is 6.54 Å². The second-order valence-corrected chi connectivity index (χ2v) is 5.60. The molecule has 0 saturated heterocycles. The molecule has 0 aliphatic rings. The summed E-state index contributed by atoms with van der Waals surface area (Å²) in [6, 6.07) is 7.75. The molecular weight excluding hydrogens is 286 g/mol. The predicted octanol–water partition coefficient (Wildman–Crippen LogP) is 1.25. The van der Waals surface area contributed by atoms with E-state index in [9.17, 15) is 0 Å². The molecule has 0 radical (unpaired) electrons. The lowest BCUT2D eigenvalue weighted by molar-refractivity contribution is 0.281. The molecule has 0 atom stereocenters. The molecule has 1 aromatic heterocycles. The number of hydrogen-bond acceptors (Lipinski definition) is 6. The van der Waals surface area contributed by atoms with Gasteiger partial charge >= 0.3 is 0 Å². The van der Waals surface area contributed by atoms with Crippen LogP contribution >= 0.6 is 11.3 Å². The summed E-state index contributed by atoms with van der Waals surface area (Å²) in [6.07, 6.45) is 0. The molecule has 1 heterocycles. The molecule has 0 unspecified atom stereocenters. The fourth-order valence-electron chi connectivity index (χ4n) is 2.28. The van der Waals surface area contributed by atoms with Gasteiger partial charge in [-0.15, -0.1) is 11.3 Å². The molecule has 0 aliphatic carbocycles. The molecule has 0 spiro atoms. The summed E-state index contributed by atoms with van der Waals surface area (Å²) >= 11 is 1.61. The Morgan fingerprint density at radius 3 is 2.43 bits per heavy atom. The molecule has 114 valence electrons. The molecule has 2 rings (SSSR count). The molecule has 6 heteroatoms. The normalized spacial score (nSPS) is 10.8. The second-order valence-electron chi connectivity index (χ2n) is 4.68. The van der Waals surface area contributed by atoms with Gasteiger partial charge in [-0.2, -0.15) is 0 Å². The highest BCUT2D eigenvalue weighted by molar-refractivity contribution is 7.13. The number of rotatable bonds is 7. The molecule has 0 fully saturated rings. The van der Waals surface area contributed by atoms with Gasteiger partial charge in [-0.1, -0.05) is 0 Å². The molecule has 0 saturated carbocycles. The Morgan fingerprint density at radius 1 is 1.10 bits per heavy atom. The topological polar surface area (TPSA) is 95.7 Å². The largest absolute Gasteiger partial charge is 0.398 e. The molecule has 2 aromatic rings. The minimum Gasteiger partial charge on any atom is -0.398 e. The lowest BCUT2D eigenvalue weighted by atomic mass is 10.1. The van der Waals surface area contributed by atoms with Crippen LogP contribution in [0.25, 0.3) is 10.4 Å². The van der Waals surface area contributed by atoms with E-state index in [1.165, 1.54) is 0 Å². The van der Waals surface area contributed by atoms with Crippen LogP contribution in [0, 0.1) is 0 Å². The summed E-state index contributed by atoms with van der Waals surface area (Å²) in [6.45, 7) is 1.48. The fraction of sp³-hybridized carbons (Fsp3) is 0.333. The second kappa shape index (κ2) is 7.42. The van der Waals surface area contributed by atoms with Crippen LogP contribution in [0.4, 0.5) is 11.4 Å². The number of nitrogens with two attached hydrogens (primary N) is 2. The monoisotopic (exact) mass is 307 g/mol. The maximum absolute atomic E-state index is 9.15. The van der Waals surface area contributed by atoms with Gasteiger partial charge in [0.1, 0.15) is 0 Å². The van der Waals surface area contributed by atoms with Crippen LogP contribution in [0.1, 0.15) is 5.56 Å². The highest BCUT2D eigenvalue weighted by Gasteiger charge is 2.12. The Hall–Kier alpha value is -1.60. The minimum atomic E-state index is 0.0345. The molecule has 1 aromatic carbocycles. The van der Waals surface area contributed by atoms with Crippen molar-refractivity contribution in [2.24, 2.45) is 5.73 Å². The average Bonchev–Trinajstić information content (AvgIpc) is 2.96. The van der Waals surface area contributed by atoms with Crippen LogP contribution in [0.5, 0.6) is 0 Å². The van der Waals surface area contributed by atoms with Crippen molar-refractivity contribution in [1.82, 2.24) is 0 Å². The maximum atomic E-state index is 9.15. The summed E-state index contributed by atoms with van der Waals surface area (Å²) in [5, 5.41) is 20.3. The Bertz CT molecular complexity index is 580. The maximum Gasteiger partial charge on any atom is 0.0606 e. The average molecular weight is 307 g/mol. The first-order valence-corrected chi connectivity index (χ1v) is 7.72. The van der Waals surface area contributed by atoms with Gasteiger partial charge in [0, 0.05) is 41.4 Å². The van der Waals surface area contributed by atoms with E-state index in [1.54, 1.807) is 11.3 Å². The van der Waals surface area contributed by atoms with E-state index in [2.05, 4.69) is 0 Å². The van der Waals surface area contributed by atoms with E-state index in [-0.39, 0.29) is 13.2 Å². The van der Waals surface area contributed by atoms with E-state index < -0.39 is 0 Å². The van der Waals surface area contributed by atoms with Crippen molar-refractivity contribution < 1.29 is 10.2 Å². The SMILES string of the molecule is NCc1ccsc1-c1cc(N(CCO)CCO)ccc1N. The van der Waals surface area contributed by atoms with E-state index in [4.69, 9.17) is 21.7 Å². The number of thiophene rings is 1. The summed E-state index contributed by atoms with van der Waals surface area (Å²) in [7, 11) is 0. The molecular formula is C15H21N3O2S. The van der Waals surface area contributed by atoms with Gasteiger partial charge in [-0.25, -0.2) is 0 Å². The highest BCUT2D eigenvalue weighted by atomic mass is 32.1. The van der Waals surface area contributed by atoms with Gasteiger partial charge in [-0.3, -0.25) is 0 Å². The summed E-state index contributed by atoms with van der Waals surface area (Å²) in [5.41, 5.74) is 15.5. The zero-order valence-electron chi connectivity index (χ0n) is 11.8. The molecule has 5 nitrogen and oxygen atoms in total. The minimum absolute atomic E-state index is 0.0345. The molecule has 0 aliphatic heterocycles. The van der Waals surface area contributed by atoms with E-state index in [0.29, 0.717) is 25.3 Å². The molecule has 6 N–H and O–H groups in total. The summed E-state index contributed by atoms with van der Waals surface area (Å²) in [5.74, 6) is 0. The van der Waals surface area contributed by atoms with Gasteiger partial charge < -0.3 is 26.6 Å². The first kappa shape index (κ1) is 15.8. The lowest BCUT2D eigenvalue weighted by Crippen LogP contribution is -2.29. The third kappa shape index (κ3) is 3.54. The Balaban J connectivity index is 2.41. The first-order chi connectivity index (χ1) is 10.2. The smallest absolute Gasteiger partial charge is 0.0606 e. The van der Waals surface area contributed by atoms with Gasteiger partial charge in [0.2, 0.25) is 0 Å².